The van der Waals surface area contributed by atoms with Gasteiger partial charge < -0.3 is 5.73 Å². The van der Waals surface area contributed by atoms with Gasteiger partial charge in [0.25, 0.3) is 0 Å². The molecule has 130 valence electrons. The number of hydrogen-bond donors (Lipinski definition) is 1. The molecule has 0 saturated heterocycles. The predicted molar refractivity (Wildman–Crippen MR) is 100 cm³/mol. The Bertz CT molecular complexity index is 1010. The minimum atomic E-state index is -0.261. The van der Waals surface area contributed by atoms with Crippen LogP contribution in [0.1, 0.15) is 28.7 Å². The molecule has 1 atom stereocenters. The van der Waals surface area contributed by atoms with Crippen molar-refractivity contribution in [3.63, 3.8) is 0 Å². The molecule has 0 aliphatic rings. The molecule has 0 aliphatic carbocycles. The molecule has 2 aromatic heterocycles. The van der Waals surface area contributed by atoms with Crippen molar-refractivity contribution in [3.05, 3.63) is 83.3 Å². The molecule has 2 N–H and O–H groups in total. The highest BCUT2D eigenvalue weighted by atomic mass is 15.4. The zero-order valence-electron chi connectivity index (χ0n) is 14.6. The fourth-order valence-corrected chi connectivity index (χ4v) is 3.08. The summed E-state index contributed by atoms with van der Waals surface area (Å²) in [5.41, 5.74) is 10.9. The molecule has 1 unspecified atom stereocenters. The van der Waals surface area contributed by atoms with Gasteiger partial charge in [0, 0.05) is 0 Å². The Balaban J connectivity index is 1.69. The molecule has 0 saturated carbocycles. The summed E-state index contributed by atoms with van der Waals surface area (Å²) in [5.74, 6) is 0.674. The van der Waals surface area contributed by atoms with E-state index in [0.29, 0.717) is 24.3 Å². The molecular weight excluding hydrogens is 324 g/mol. The molecule has 6 heteroatoms. The van der Waals surface area contributed by atoms with Gasteiger partial charge in [-0.05, 0) is 24.5 Å². The van der Waals surface area contributed by atoms with Crippen molar-refractivity contribution in [2.45, 2.75) is 25.9 Å². The number of fused-ring (bicyclic) bond motifs is 1. The van der Waals surface area contributed by atoms with E-state index in [1.165, 1.54) is 5.56 Å². The highest BCUT2D eigenvalue weighted by Gasteiger charge is 2.19. The first-order valence-corrected chi connectivity index (χ1v) is 8.62. The lowest BCUT2D eigenvalue weighted by Gasteiger charge is -2.12. The third kappa shape index (κ3) is 3.32. The quantitative estimate of drug-likeness (QED) is 0.602. The van der Waals surface area contributed by atoms with Gasteiger partial charge in [-0.1, -0.05) is 65.9 Å². The smallest absolute Gasteiger partial charge is 0.182 e. The topological polar surface area (TPSA) is 82.5 Å². The van der Waals surface area contributed by atoms with E-state index in [4.69, 9.17) is 5.73 Å². The Morgan fingerprint density at radius 3 is 2.27 bits per heavy atom. The minimum absolute atomic E-state index is 0.261. The van der Waals surface area contributed by atoms with Crippen molar-refractivity contribution in [3.8, 4) is 0 Å². The lowest BCUT2D eigenvalue weighted by atomic mass is 10.0. The molecule has 0 amide bonds. The van der Waals surface area contributed by atoms with Crippen LogP contribution >= 0.6 is 0 Å². The van der Waals surface area contributed by atoms with Crippen LogP contribution in [0.25, 0.3) is 11.2 Å². The van der Waals surface area contributed by atoms with Gasteiger partial charge in [0.15, 0.2) is 11.2 Å². The largest absolute Gasteiger partial charge is 0.322 e. The Morgan fingerprint density at radius 2 is 1.58 bits per heavy atom. The van der Waals surface area contributed by atoms with Crippen LogP contribution in [0.15, 0.2) is 60.7 Å². The van der Waals surface area contributed by atoms with Crippen LogP contribution in [0, 0.1) is 6.92 Å². The van der Waals surface area contributed by atoms with Crippen molar-refractivity contribution >= 4 is 11.2 Å². The average molecular weight is 344 g/mol. The predicted octanol–water partition coefficient (Wildman–Crippen LogP) is 2.82. The first kappa shape index (κ1) is 16.4. The normalized spacial score (nSPS) is 12.4. The van der Waals surface area contributed by atoms with Crippen LogP contribution in [0.4, 0.5) is 0 Å². The molecule has 0 bridgehead atoms. The van der Waals surface area contributed by atoms with Gasteiger partial charge in [-0.25, -0.2) is 14.6 Å². The third-order valence-corrected chi connectivity index (χ3v) is 4.33. The van der Waals surface area contributed by atoms with Gasteiger partial charge in [-0.2, -0.15) is 0 Å². The zero-order valence-corrected chi connectivity index (χ0v) is 14.6. The molecule has 0 fully saturated rings. The Kier molecular flexibility index (Phi) is 4.41. The van der Waals surface area contributed by atoms with Gasteiger partial charge in [-0.15, -0.1) is 5.10 Å². The summed E-state index contributed by atoms with van der Waals surface area (Å²) in [6.45, 7) is 2.49. The molecule has 26 heavy (non-hydrogen) atoms. The highest BCUT2D eigenvalue weighted by Crippen LogP contribution is 2.21. The Morgan fingerprint density at radius 1 is 0.923 bits per heavy atom. The molecule has 4 rings (SSSR count). The first-order valence-electron chi connectivity index (χ1n) is 8.62. The number of rotatable bonds is 5. The number of nitrogens with two attached hydrogens (primary N) is 1. The Labute approximate surface area is 151 Å². The second-order valence-corrected chi connectivity index (χ2v) is 6.36. The van der Waals surface area contributed by atoms with Gasteiger partial charge in [-0.3, -0.25) is 0 Å². The monoisotopic (exact) mass is 344 g/mol. The van der Waals surface area contributed by atoms with Gasteiger partial charge >= 0.3 is 0 Å². The lowest BCUT2D eigenvalue weighted by Crippen LogP contribution is -2.17. The number of aromatic nitrogens is 5. The molecule has 2 aromatic carbocycles. The van der Waals surface area contributed by atoms with E-state index < -0.39 is 0 Å². The van der Waals surface area contributed by atoms with Gasteiger partial charge in [0.2, 0.25) is 0 Å². The summed E-state index contributed by atoms with van der Waals surface area (Å²) in [4.78, 5) is 9.12. The number of aryl methyl sites for hydroxylation is 1. The fraction of sp³-hybridized carbons (Fsp3) is 0.200. The summed E-state index contributed by atoms with van der Waals surface area (Å²) in [5, 5.41) is 8.62. The van der Waals surface area contributed by atoms with Crippen molar-refractivity contribution in [2.24, 2.45) is 5.73 Å². The zero-order chi connectivity index (χ0) is 17.9. The van der Waals surface area contributed by atoms with E-state index in [-0.39, 0.29) is 6.04 Å². The number of hydrogen-bond acceptors (Lipinski definition) is 5. The Hall–Kier alpha value is -3.12. The maximum absolute atomic E-state index is 6.46. The van der Waals surface area contributed by atoms with Crippen molar-refractivity contribution in [2.75, 3.05) is 0 Å². The molecule has 0 aliphatic heterocycles. The van der Waals surface area contributed by atoms with E-state index in [0.717, 1.165) is 16.9 Å². The van der Waals surface area contributed by atoms with Gasteiger partial charge in [0.05, 0.1) is 18.3 Å². The van der Waals surface area contributed by atoms with E-state index >= 15 is 0 Å². The summed E-state index contributed by atoms with van der Waals surface area (Å²) < 4.78 is 1.80. The van der Waals surface area contributed by atoms with Crippen LogP contribution in [-0.2, 0) is 13.0 Å². The lowest BCUT2D eigenvalue weighted by molar-refractivity contribution is 0.663. The van der Waals surface area contributed by atoms with Crippen molar-refractivity contribution in [1.29, 1.82) is 0 Å². The molecule has 2 heterocycles. The van der Waals surface area contributed by atoms with Crippen molar-refractivity contribution < 1.29 is 0 Å². The SMILES string of the molecule is Cc1nc(C(N)Cc2ccccc2)c2nnn(Cc3ccccc3)c2n1. The van der Waals surface area contributed by atoms with Crippen LogP contribution in [0.5, 0.6) is 0 Å². The van der Waals surface area contributed by atoms with Crippen LogP contribution < -0.4 is 5.73 Å². The average Bonchev–Trinajstić information content (AvgIpc) is 3.05. The number of benzene rings is 2. The minimum Gasteiger partial charge on any atom is -0.322 e. The first-order chi connectivity index (χ1) is 12.7. The summed E-state index contributed by atoms with van der Waals surface area (Å²) in [6.07, 6.45) is 0.692. The van der Waals surface area contributed by atoms with Gasteiger partial charge in [0.1, 0.15) is 5.82 Å². The second kappa shape index (κ2) is 7.01. The van der Waals surface area contributed by atoms with Crippen LogP contribution in [0.3, 0.4) is 0 Å². The van der Waals surface area contributed by atoms with Crippen LogP contribution in [0.2, 0.25) is 0 Å². The number of nitrogens with zero attached hydrogens (tertiary/aromatic N) is 5. The van der Waals surface area contributed by atoms with Crippen LogP contribution in [-0.4, -0.2) is 25.0 Å². The maximum Gasteiger partial charge on any atom is 0.182 e. The van der Waals surface area contributed by atoms with Crippen molar-refractivity contribution in [1.82, 2.24) is 25.0 Å². The summed E-state index contributed by atoms with van der Waals surface area (Å²) >= 11 is 0. The molecule has 6 nitrogen and oxygen atoms in total. The van der Waals surface area contributed by atoms with E-state index in [9.17, 15) is 0 Å². The van der Waals surface area contributed by atoms with E-state index in [1.807, 2.05) is 43.3 Å². The summed E-state index contributed by atoms with van der Waals surface area (Å²) in [6, 6.07) is 20.0. The molecule has 4 aromatic rings. The molecule has 0 spiro atoms. The molecular formula is C20H20N6. The standard InChI is InChI=1S/C20H20N6/c1-14-22-18(17(21)12-15-8-4-2-5-9-15)19-20(23-14)26(25-24-19)13-16-10-6-3-7-11-16/h2-11,17H,12-13,21H2,1H3. The molecule has 0 radical (unpaired) electrons. The second-order valence-electron chi connectivity index (χ2n) is 6.36. The summed E-state index contributed by atoms with van der Waals surface area (Å²) in [7, 11) is 0. The fourth-order valence-electron chi connectivity index (χ4n) is 3.08. The third-order valence-electron chi connectivity index (χ3n) is 4.33. The van der Waals surface area contributed by atoms with E-state index in [1.54, 1.807) is 4.68 Å². The highest BCUT2D eigenvalue weighted by molar-refractivity contribution is 5.73. The maximum atomic E-state index is 6.46. The van der Waals surface area contributed by atoms with E-state index in [2.05, 4.69) is 44.5 Å².